The van der Waals surface area contributed by atoms with Crippen molar-refractivity contribution >= 4 is 40.5 Å². The van der Waals surface area contributed by atoms with Gasteiger partial charge < -0.3 is 16.0 Å². The minimum atomic E-state index is -0.964. The zero-order valence-electron chi connectivity index (χ0n) is 14.3. The fourth-order valence-electron chi connectivity index (χ4n) is 2.19. The van der Waals surface area contributed by atoms with Gasteiger partial charge >= 0.3 is 11.8 Å². The Bertz CT molecular complexity index is 783. The fraction of sp³-hybridized carbons (Fsp3) is 0.167. The van der Waals surface area contributed by atoms with E-state index in [0.29, 0.717) is 11.4 Å². The molecule has 0 fully saturated rings. The van der Waals surface area contributed by atoms with Gasteiger partial charge in [0, 0.05) is 38.1 Å². The van der Waals surface area contributed by atoms with Crippen LogP contribution in [0.25, 0.3) is 0 Å². The van der Waals surface area contributed by atoms with Crippen LogP contribution in [0.1, 0.15) is 6.92 Å². The zero-order chi connectivity index (χ0) is 18.6. The van der Waals surface area contributed by atoms with Crippen molar-refractivity contribution in [3.63, 3.8) is 0 Å². The third-order valence-electron chi connectivity index (χ3n) is 3.51. The molecule has 3 N–H and O–H groups in total. The summed E-state index contributed by atoms with van der Waals surface area (Å²) in [4.78, 5) is 39.2. The molecule has 7 nitrogen and oxygen atoms in total. The van der Waals surface area contributed by atoms with E-state index >= 15 is 0 Å². The maximum Gasteiger partial charge on any atom is 0.323 e. The SMILES string of the molecule is CC(=O)N(C(=O)C(=O)Nc1ccc(N(C)C)cc1)c1ccc(N)cc1. The lowest BCUT2D eigenvalue weighted by molar-refractivity contribution is -0.136. The molecule has 0 aliphatic heterocycles. The lowest BCUT2D eigenvalue weighted by atomic mass is 10.2. The molecule has 0 spiro atoms. The summed E-state index contributed by atoms with van der Waals surface area (Å²) in [5, 5.41) is 2.50. The van der Waals surface area contributed by atoms with Crippen molar-refractivity contribution in [3.05, 3.63) is 48.5 Å². The predicted molar refractivity (Wildman–Crippen MR) is 98.4 cm³/mol. The summed E-state index contributed by atoms with van der Waals surface area (Å²) < 4.78 is 0. The molecule has 0 aliphatic rings. The smallest absolute Gasteiger partial charge is 0.323 e. The van der Waals surface area contributed by atoms with Crippen LogP contribution >= 0.6 is 0 Å². The highest BCUT2D eigenvalue weighted by atomic mass is 16.2. The molecule has 2 aromatic rings. The molecule has 7 heteroatoms. The van der Waals surface area contributed by atoms with Gasteiger partial charge in [-0.2, -0.15) is 0 Å². The standard InChI is InChI=1S/C18H20N4O3/c1-12(23)22(16-8-4-13(19)5-9-16)18(25)17(24)20-14-6-10-15(11-7-14)21(2)3/h4-11H,19H2,1-3H3,(H,20,24). The largest absolute Gasteiger partial charge is 0.399 e. The Labute approximate surface area is 146 Å². The van der Waals surface area contributed by atoms with Crippen molar-refractivity contribution in [1.29, 1.82) is 0 Å². The molecule has 0 aliphatic carbocycles. The number of carbonyl (C=O) groups excluding carboxylic acids is 3. The quantitative estimate of drug-likeness (QED) is 0.657. The van der Waals surface area contributed by atoms with Crippen molar-refractivity contribution in [2.24, 2.45) is 0 Å². The summed E-state index contributed by atoms with van der Waals surface area (Å²) >= 11 is 0. The van der Waals surface area contributed by atoms with Crippen LogP contribution in [0.4, 0.5) is 22.7 Å². The number of nitrogens with two attached hydrogens (primary N) is 1. The Hall–Kier alpha value is -3.35. The fourth-order valence-corrected chi connectivity index (χ4v) is 2.19. The average Bonchev–Trinajstić information content (AvgIpc) is 2.57. The maximum absolute atomic E-state index is 12.4. The monoisotopic (exact) mass is 340 g/mol. The van der Waals surface area contributed by atoms with Crippen LogP contribution in [0.3, 0.4) is 0 Å². The van der Waals surface area contributed by atoms with E-state index in [1.165, 1.54) is 19.1 Å². The van der Waals surface area contributed by atoms with Crippen molar-refractivity contribution < 1.29 is 14.4 Å². The van der Waals surface area contributed by atoms with Gasteiger partial charge in [-0.3, -0.25) is 14.4 Å². The van der Waals surface area contributed by atoms with E-state index in [1.807, 2.05) is 31.1 Å². The van der Waals surface area contributed by atoms with Crippen molar-refractivity contribution in [2.75, 3.05) is 34.9 Å². The first-order chi connectivity index (χ1) is 11.8. The van der Waals surface area contributed by atoms with Crippen LogP contribution in [-0.2, 0) is 14.4 Å². The molecule has 0 bridgehead atoms. The van der Waals surface area contributed by atoms with E-state index in [9.17, 15) is 14.4 Å². The van der Waals surface area contributed by atoms with Crippen molar-refractivity contribution in [3.8, 4) is 0 Å². The molecular formula is C18H20N4O3. The van der Waals surface area contributed by atoms with Crippen LogP contribution in [0.15, 0.2) is 48.5 Å². The van der Waals surface area contributed by atoms with Crippen molar-refractivity contribution in [1.82, 2.24) is 0 Å². The van der Waals surface area contributed by atoms with Crippen LogP contribution in [0.5, 0.6) is 0 Å². The zero-order valence-corrected chi connectivity index (χ0v) is 14.3. The molecule has 0 saturated heterocycles. The minimum Gasteiger partial charge on any atom is -0.399 e. The molecule has 25 heavy (non-hydrogen) atoms. The topological polar surface area (TPSA) is 95.7 Å². The Kier molecular flexibility index (Phi) is 5.38. The van der Waals surface area contributed by atoms with Gasteiger partial charge in [0.15, 0.2) is 0 Å². The normalized spacial score (nSPS) is 10.0. The van der Waals surface area contributed by atoms with Crippen LogP contribution < -0.4 is 20.9 Å². The number of hydrogen-bond acceptors (Lipinski definition) is 5. The van der Waals surface area contributed by atoms with Gasteiger partial charge in [0.05, 0.1) is 5.69 Å². The predicted octanol–water partition coefficient (Wildman–Crippen LogP) is 1.85. The second-order valence-corrected chi connectivity index (χ2v) is 5.65. The number of rotatable bonds is 3. The van der Waals surface area contributed by atoms with E-state index in [1.54, 1.807) is 24.3 Å². The van der Waals surface area contributed by atoms with E-state index in [-0.39, 0.29) is 5.69 Å². The third-order valence-corrected chi connectivity index (χ3v) is 3.51. The first-order valence-electron chi connectivity index (χ1n) is 7.58. The number of hydrogen-bond donors (Lipinski definition) is 2. The third kappa shape index (κ3) is 4.35. The Morgan fingerprint density at radius 1 is 0.880 bits per heavy atom. The van der Waals surface area contributed by atoms with Gasteiger partial charge in [-0.15, -0.1) is 0 Å². The number of nitrogens with zero attached hydrogens (tertiary/aromatic N) is 2. The summed E-state index contributed by atoms with van der Waals surface area (Å²) in [6.45, 7) is 1.22. The highest BCUT2D eigenvalue weighted by Gasteiger charge is 2.26. The van der Waals surface area contributed by atoms with Gasteiger partial charge in [-0.25, -0.2) is 4.90 Å². The number of benzene rings is 2. The molecule has 0 radical (unpaired) electrons. The number of anilines is 4. The minimum absolute atomic E-state index is 0.282. The molecular weight excluding hydrogens is 320 g/mol. The molecule has 2 rings (SSSR count). The second kappa shape index (κ2) is 7.48. The lowest BCUT2D eigenvalue weighted by Gasteiger charge is -2.19. The first kappa shape index (κ1) is 18.0. The number of imide groups is 1. The molecule has 0 aromatic heterocycles. The van der Waals surface area contributed by atoms with E-state index in [0.717, 1.165) is 10.6 Å². The van der Waals surface area contributed by atoms with E-state index < -0.39 is 17.7 Å². The highest BCUT2D eigenvalue weighted by molar-refractivity contribution is 6.48. The summed E-state index contributed by atoms with van der Waals surface area (Å²) in [5.41, 5.74) is 7.79. The van der Waals surface area contributed by atoms with Gasteiger partial charge in [-0.1, -0.05) is 0 Å². The highest BCUT2D eigenvalue weighted by Crippen LogP contribution is 2.19. The van der Waals surface area contributed by atoms with Crippen LogP contribution in [0.2, 0.25) is 0 Å². The number of nitrogen functional groups attached to an aromatic ring is 1. The average molecular weight is 340 g/mol. The van der Waals surface area contributed by atoms with Gasteiger partial charge in [-0.05, 0) is 48.5 Å². The van der Waals surface area contributed by atoms with Gasteiger partial charge in [0.2, 0.25) is 5.91 Å². The summed E-state index contributed by atoms with van der Waals surface area (Å²) in [5.74, 6) is -2.42. The number of carbonyl (C=O) groups is 3. The van der Waals surface area contributed by atoms with Crippen LogP contribution in [0, 0.1) is 0 Å². The molecule has 0 atom stereocenters. The van der Waals surface area contributed by atoms with E-state index in [4.69, 9.17) is 5.73 Å². The maximum atomic E-state index is 12.4. The molecule has 2 aromatic carbocycles. The first-order valence-corrected chi connectivity index (χ1v) is 7.58. The summed E-state index contributed by atoms with van der Waals surface area (Å²) in [7, 11) is 3.79. The Balaban J connectivity index is 2.17. The molecule has 0 saturated carbocycles. The number of nitrogens with one attached hydrogen (secondary N) is 1. The molecule has 3 amide bonds. The Morgan fingerprint density at radius 2 is 1.40 bits per heavy atom. The van der Waals surface area contributed by atoms with Crippen LogP contribution in [-0.4, -0.2) is 31.8 Å². The number of amides is 3. The molecule has 0 heterocycles. The molecule has 130 valence electrons. The van der Waals surface area contributed by atoms with Crippen molar-refractivity contribution in [2.45, 2.75) is 6.92 Å². The van der Waals surface area contributed by atoms with E-state index in [2.05, 4.69) is 5.32 Å². The lowest BCUT2D eigenvalue weighted by Crippen LogP contribution is -2.42. The summed E-state index contributed by atoms with van der Waals surface area (Å²) in [6, 6.07) is 13.1. The summed E-state index contributed by atoms with van der Waals surface area (Å²) in [6.07, 6.45) is 0. The van der Waals surface area contributed by atoms with Gasteiger partial charge in [0.1, 0.15) is 0 Å². The second-order valence-electron chi connectivity index (χ2n) is 5.65. The Morgan fingerprint density at radius 3 is 1.88 bits per heavy atom. The van der Waals surface area contributed by atoms with Gasteiger partial charge in [0.25, 0.3) is 0 Å². The molecule has 0 unspecified atom stereocenters.